The number of hydrogen-bond acceptors (Lipinski definition) is 7. The first-order valence-electron chi connectivity index (χ1n) is 14.5. The number of amides is 1. The Morgan fingerprint density at radius 1 is 1.02 bits per heavy atom. The van der Waals surface area contributed by atoms with Crippen LogP contribution in [0.4, 0.5) is 5.69 Å². The molecule has 1 atom stereocenters. The zero-order valence-electron chi connectivity index (χ0n) is 24.8. The Morgan fingerprint density at radius 3 is 2.49 bits per heavy atom. The molecule has 45 heavy (non-hydrogen) atoms. The summed E-state index contributed by atoms with van der Waals surface area (Å²) in [5.41, 5.74) is 3.83. The van der Waals surface area contributed by atoms with Crippen LogP contribution in [0.15, 0.2) is 96.7 Å². The third-order valence-corrected chi connectivity index (χ3v) is 9.91. The largest absolute Gasteiger partial charge is 0.496 e. The van der Waals surface area contributed by atoms with Crippen LogP contribution in [0.1, 0.15) is 49.4 Å². The van der Waals surface area contributed by atoms with Crippen molar-refractivity contribution in [1.82, 2.24) is 4.57 Å². The van der Waals surface area contributed by atoms with Gasteiger partial charge in [-0.25, -0.2) is 9.79 Å². The van der Waals surface area contributed by atoms with Gasteiger partial charge in [0.05, 0.1) is 53.3 Å². The van der Waals surface area contributed by atoms with Gasteiger partial charge in [-0.1, -0.05) is 77.0 Å². The zero-order valence-corrected chi connectivity index (χ0v) is 28.8. The summed E-state index contributed by atoms with van der Waals surface area (Å²) in [7, 11) is 1.57. The van der Waals surface area contributed by atoms with Crippen molar-refractivity contribution in [3.8, 4) is 5.75 Å². The van der Waals surface area contributed by atoms with E-state index in [0.717, 1.165) is 22.1 Å². The van der Waals surface area contributed by atoms with Gasteiger partial charge in [-0.15, -0.1) is 0 Å². The van der Waals surface area contributed by atoms with Crippen molar-refractivity contribution in [3.63, 3.8) is 0 Å². The second-order valence-corrected chi connectivity index (χ2v) is 13.3. The lowest BCUT2D eigenvalue weighted by molar-refractivity contribution is -0.139. The van der Waals surface area contributed by atoms with E-state index in [4.69, 9.17) is 14.5 Å². The molecule has 0 unspecified atom stereocenters. The lowest BCUT2D eigenvalue weighted by atomic mass is 9.94. The van der Waals surface area contributed by atoms with Gasteiger partial charge in [0.2, 0.25) is 0 Å². The molecule has 1 aromatic heterocycles. The Labute approximate surface area is 280 Å². The number of anilines is 1. The topological polar surface area (TPSA) is 90.2 Å². The molecule has 2 aliphatic rings. The first-order valence-corrected chi connectivity index (χ1v) is 16.9. The molecule has 4 aromatic rings. The highest BCUT2D eigenvalue weighted by Gasteiger charge is 2.38. The van der Waals surface area contributed by atoms with Crippen molar-refractivity contribution in [2.24, 2.45) is 4.99 Å². The van der Waals surface area contributed by atoms with Crippen LogP contribution in [0.25, 0.3) is 5.57 Å². The van der Waals surface area contributed by atoms with Crippen molar-refractivity contribution < 1.29 is 19.1 Å². The van der Waals surface area contributed by atoms with Crippen LogP contribution in [0.5, 0.6) is 5.75 Å². The SMILES string of the molecule is CCCC1=C(C(=O)OCC)[C@@H](c2ccc(OC)c(Br)c2)n2c(s/c(=C3\C(=O)N(Cc4ccccc4)c4ccc(Br)cc43)c2=O)=N1. The fraction of sp³-hybridized carbons (Fsp3) is 0.235. The number of thiazole rings is 1. The molecule has 11 heteroatoms. The molecule has 3 aromatic carbocycles. The van der Waals surface area contributed by atoms with Crippen LogP contribution in [0, 0.1) is 0 Å². The van der Waals surface area contributed by atoms with Crippen LogP contribution >= 0.6 is 43.2 Å². The molecule has 0 N–H and O–H groups in total. The number of nitrogens with zero attached hydrogens (tertiary/aromatic N) is 3. The second kappa shape index (κ2) is 12.9. The van der Waals surface area contributed by atoms with Crippen LogP contribution < -0.4 is 24.5 Å². The number of benzene rings is 3. The van der Waals surface area contributed by atoms with Gasteiger partial charge in [0, 0.05) is 10.0 Å². The fourth-order valence-corrected chi connectivity index (χ4v) is 7.81. The Kier molecular flexibility index (Phi) is 8.94. The molecule has 0 fully saturated rings. The van der Waals surface area contributed by atoms with Gasteiger partial charge in [-0.2, -0.15) is 0 Å². The summed E-state index contributed by atoms with van der Waals surface area (Å²) in [4.78, 5) is 49.4. The van der Waals surface area contributed by atoms with Gasteiger partial charge in [-0.3, -0.25) is 14.2 Å². The zero-order chi connectivity index (χ0) is 31.8. The number of carbonyl (C=O) groups excluding carboxylic acids is 2. The van der Waals surface area contributed by atoms with E-state index in [1.807, 2.05) is 67.6 Å². The third-order valence-electron chi connectivity index (χ3n) is 7.75. The van der Waals surface area contributed by atoms with E-state index in [0.29, 0.717) is 56.0 Å². The van der Waals surface area contributed by atoms with Gasteiger partial charge < -0.3 is 14.4 Å². The predicted octanol–water partition coefficient (Wildman–Crippen LogP) is 6.03. The molecule has 1 amide bonds. The number of rotatable bonds is 8. The normalized spacial score (nSPS) is 16.8. The number of esters is 1. The van der Waals surface area contributed by atoms with E-state index in [9.17, 15) is 14.4 Å². The van der Waals surface area contributed by atoms with Crippen LogP contribution in [0.2, 0.25) is 0 Å². The van der Waals surface area contributed by atoms with Gasteiger partial charge in [-0.05, 0) is 70.7 Å². The average molecular weight is 751 g/mol. The average Bonchev–Trinajstić information content (AvgIpc) is 3.48. The summed E-state index contributed by atoms with van der Waals surface area (Å²) < 4.78 is 14.2. The van der Waals surface area contributed by atoms with Crippen molar-refractivity contribution in [2.45, 2.75) is 39.3 Å². The van der Waals surface area contributed by atoms with Gasteiger partial charge in [0.15, 0.2) is 4.80 Å². The minimum Gasteiger partial charge on any atom is -0.496 e. The fourth-order valence-electron chi connectivity index (χ4n) is 5.79. The maximum Gasteiger partial charge on any atom is 0.338 e. The van der Waals surface area contributed by atoms with E-state index < -0.39 is 17.6 Å². The van der Waals surface area contributed by atoms with Crippen molar-refractivity contribution in [1.29, 1.82) is 0 Å². The summed E-state index contributed by atoms with van der Waals surface area (Å²) in [6.07, 6.45) is 1.24. The number of aromatic nitrogens is 1. The summed E-state index contributed by atoms with van der Waals surface area (Å²) in [6, 6.07) is 20.0. The van der Waals surface area contributed by atoms with E-state index in [2.05, 4.69) is 31.9 Å². The summed E-state index contributed by atoms with van der Waals surface area (Å²) in [6.45, 7) is 4.28. The van der Waals surface area contributed by atoms with Gasteiger partial charge in [0.25, 0.3) is 11.5 Å². The quantitative estimate of drug-likeness (QED) is 0.205. The van der Waals surface area contributed by atoms with E-state index >= 15 is 0 Å². The van der Waals surface area contributed by atoms with E-state index in [1.54, 1.807) is 25.0 Å². The van der Waals surface area contributed by atoms with Crippen molar-refractivity contribution in [3.05, 3.63) is 123 Å². The maximum atomic E-state index is 14.6. The number of carbonyl (C=O) groups is 2. The third kappa shape index (κ3) is 5.62. The molecule has 0 aliphatic carbocycles. The van der Waals surface area contributed by atoms with Crippen LogP contribution in [0.3, 0.4) is 0 Å². The standard InChI is InChI=1S/C34H29Br2N3O5S/c1-4-9-24-28(33(42)44-5-2)29(20-12-15-26(43-3)23(36)16-20)39-32(41)30(45-34(39)37-24)27-22-17-21(35)13-14-25(22)38(31(27)40)18-19-10-7-6-8-11-19/h6-8,10-17,29H,4-5,9,18H2,1-3H3/b30-27-/t29-/m1/s1. The van der Waals surface area contributed by atoms with Gasteiger partial charge >= 0.3 is 5.97 Å². The molecule has 0 bridgehead atoms. The molecule has 8 nitrogen and oxygen atoms in total. The molecule has 0 radical (unpaired) electrons. The predicted molar refractivity (Wildman–Crippen MR) is 181 cm³/mol. The lowest BCUT2D eigenvalue weighted by Gasteiger charge is -2.26. The maximum absolute atomic E-state index is 14.6. The molecular formula is C34H29Br2N3O5S. The lowest BCUT2D eigenvalue weighted by Crippen LogP contribution is -2.41. The molecule has 0 saturated heterocycles. The minimum atomic E-state index is -0.822. The summed E-state index contributed by atoms with van der Waals surface area (Å²) in [5.74, 6) is -0.180. The van der Waals surface area contributed by atoms with Crippen molar-refractivity contribution in [2.75, 3.05) is 18.6 Å². The summed E-state index contributed by atoms with van der Waals surface area (Å²) >= 11 is 8.29. The van der Waals surface area contributed by atoms with Crippen molar-refractivity contribution >= 4 is 66.3 Å². The number of fused-ring (bicyclic) bond motifs is 2. The van der Waals surface area contributed by atoms with E-state index in [-0.39, 0.29) is 17.0 Å². The monoisotopic (exact) mass is 749 g/mol. The molecule has 2 aliphatic heterocycles. The summed E-state index contributed by atoms with van der Waals surface area (Å²) in [5, 5.41) is 0. The number of methoxy groups -OCH3 is 1. The molecule has 0 saturated carbocycles. The smallest absolute Gasteiger partial charge is 0.338 e. The molecule has 3 heterocycles. The van der Waals surface area contributed by atoms with Crippen LogP contribution in [-0.2, 0) is 20.9 Å². The molecule has 0 spiro atoms. The molecule has 6 rings (SSSR count). The number of ether oxygens (including phenoxy) is 2. The number of hydrogen-bond donors (Lipinski definition) is 0. The van der Waals surface area contributed by atoms with E-state index in [1.165, 1.54) is 15.9 Å². The first-order chi connectivity index (χ1) is 21.8. The number of halogens is 2. The minimum absolute atomic E-state index is 0.173. The Bertz CT molecular complexity index is 2050. The molecular weight excluding hydrogens is 722 g/mol. The van der Waals surface area contributed by atoms with Crippen LogP contribution in [-0.4, -0.2) is 30.2 Å². The highest BCUT2D eigenvalue weighted by Crippen LogP contribution is 2.39. The Morgan fingerprint density at radius 2 is 1.80 bits per heavy atom. The highest BCUT2D eigenvalue weighted by molar-refractivity contribution is 9.10. The Hall–Kier alpha value is -3.80. The Balaban J connectivity index is 1.63. The molecule has 230 valence electrons. The second-order valence-electron chi connectivity index (χ2n) is 10.5. The first kappa shape index (κ1) is 31.2. The highest BCUT2D eigenvalue weighted by atomic mass is 79.9. The number of allylic oxidation sites excluding steroid dienone is 1. The van der Waals surface area contributed by atoms with Gasteiger partial charge in [0.1, 0.15) is 10.3 Å².